The van der Waals surface area contributed by atoms with Crippen molar-refractivity contribution in [3.05, 3.63) is 64.5 Å². The lowest BCUT2D eigenvalue weighted by Crippen LogP contribution is -2.12. The Balaban J connectivity index is 1.79. The lowest BCUT2D eigenvalue weighted by atomic mass is 10.1. The number of ether oxygens (including phenoxy) is 2. The maximum Gasteiger partial charge on any atom is 0.348 e. The number of hydrogen-bond acceptors (Lipinski definition) is 5. The average molecular weight is 369 g/mol. The largest absolute Gasteiger partial charge is 0.462 e. The summed E-state index contributed by atoms with van der Waals surface area (Å²) in [5.74, 6) is -0.516. The molecule has 0 bridgehead atoms. The molecule has 1 N–H and O–H groups in total. The molecule has 0 aliphatic carbocycles. The van der Waals surface area contributed by atoms with E-state index in [9.17, 15) is 9.59 Å². The molecule has 0 spiro atoms. The Morgan fingerprint density at radius 2 is 1.96 bits per heavy atom. The Kier molecular flexibility index (Phi) is 5.65. The van der Waals surface area contributed by atoms with E-state index in [1.165, 1.54) is 11.3 Å². The molecule has 0 saturated carbocycles. The average Bonchev–Trinajstić information content (AvgIpc) is 3.06. The summed E-state index contributed by atoms with van der Waals surface area (Å²) >= 11 is 1.38. The van der Waals surface area contributed by atoms with E-state index in [1.54, 1.807) is 32.2 Å². The second-order valence-corrected chi connectivity index (χ2v) is 6.76. The van der Waals surface area contributed by atoms with Crippen molar-refractivity contribution in [1.82, 2.24) is 0 Å². The van der Waals surface area contributed by atoms with E-state index in [2.05, 4.69) is 5.32 Å². The van der Waals surface area contributed by atoms with Crippen LogP contribution in [0.4, 0.5) is 5.69 Å². The second-order valence-electron chi connectivity index (χ2n) is 5.67. The van der Waals surface area contributed by atoms with Gasteiger partial charge in [0, 0.05) is 23.1 Å². The zero-order chi connectivity index (χ0) is 18.5. The Morgan fingerprint density at radius 3 is 2.73 bits per heavy atom. The van der Waals surface area contributed by atoms with Crippen LogP contribution in [0.3, 0.4) is 0 Å². The minimum atomic E-state index is -0.325. The van der Waals surface area contributed by atoms with Crippen LogP contribution in [0.15, 0.2) is 48.5 Å². The molecule has 3 rings (SSSR count). The quantitative estimate of drug-likeness (QED) is 0.651. The maximum absolute atomic E-state index is 12.5. The van der Waals surface area contributed by atoms with Gasteiger partial charge in [-0.05, 0) is 54.3 Å². The Labute approximate surface area is 155 Å². The molecule has 0 aliphatic rings. The van der Waals surface area contributed by atoms with Crippen LogP contribution in [-0.2, 0) is 16.1 Å². The molecule has 0 saturated heterocycles. The van der Waals surface area contributed by atoms with Crippen molar-refractivity contribution in [1.29, 1.82) is 0 Å². The van der Waals surface area contributed by atoms with Gasteiger partial charge in [0.25, 0.3) is 5.91 Å². The number of hydrogen-bond donors (Lipinski definition) is 1. The molecule has 0 unspecified atom stereocenters. The monoisotopic (exact) mass is 369 g/mol. The van der Waals surface area contributed by atoms with Gasteiger partial charge in [0.15, 0.2) is 0 Å². The summed E-state index contributed by atoms with van der Waals surface area (Å²) in [5.41, 5.74) is 2.18. The van der Waals surface area contributed by atoms with Crippen LogP contribution in [0.5, 0.6) is 0 Å². The number of carbonyl (C=O) groups is 2. The molecule has 134 valence electrons. The topological polar surface area (TPSA) is 64.6 Å². The molecule has 26 heavy (non-hydrogen) atoms. The minimum Gasteiger partial charge on any atom is -0.462 e. The van der Waals surface area contributed by atoms with Crippen LogP contribution in [0.2, 0.25) is 0 Å². The molecule has 6 heteroatoms. The van der Waals surface area contributed by atoms with Gasteiger partial charge in [-0.1, -0.05) is 12.1 Å². The van der Waals surface area contributed by atoms with Crippen LogP contribution in [0.25, 0.3) is 10.1 Å². The number of benzene rings is 2. The third-order valence-corrected chi connectivity index (χ3v) is 4.85. The van der Waals surface area contributed by atoms with Gasteiger partial charge >= 0.3 is 5.97 Å². The van der Waals surface area contributed by atoms with Crippen LogP contribution >= 0.6 is 11.3 Å². The fourth-order valence-electron chi connectivity index (χ4n) is 2.60. The van der Waals surface area contributed by atoms with Crippen LogP contribution in [-0.4, -0.2) is 25.6 Å². The maximum atomic E-state index is 12.5. The highest BCUT2D eigenvalue weighted by Gasteiger charge is 2.12. The van der Waals surface area contributed by atoms with E-state index in [0.29, 0.717) is 29.3 Å². The zero-order valence-corrected chi connectivity index (χ0v) is 15.4. The smallest absolute Gasteiger partial charge is 0.348 e. The molecule has 2 aromatic carbocycles. The van der Waals surface area contributed by atoms with Gasteiger partial charge in [0.05, 0.1) is 13.2 Å². The van der Waals surface area contributed by atoms with E-state index in [1.807, 2.05) is 30.3 Å². The Morgan fingerprint density at radius 1 is 1.12 bits per heavy atom. The third kappa shape index (κ3) is 4.09. The summed E-state index contributed by atoms with van der Waals surface area (Å²) in [6, 6.07) is 14.7. The van der Waals surface area contributed by atoms with Gasteiger partial charge in [-0.3, -0.25) is 4.79 Å². The summed E-state index contributed by atoms with van der Waals surface area (Å²) in [6.45, 7) is 2.58. The molecule has 1 aromatic heterocycles. The van der Waals surface area contributed by atoms with Gasteiger partial charge in [0.2, 0.25) is 0 Å². The summed E-state index contributed by atoms with van der Waals surface area (Å²) in [6.07, 6.45) is 0. The van der Waals surface area contributed by atoms with Gasteiger partial charge in [-0.25, -0.2) is 4.79 Å². The van der Waals surface area contributed by atoms with E-state index < -0.39 is 0 Å². The number of rotatable bonds is 6. The number of carbonyl (C=O) groups excluding carboxylic acids is 2. The number of nitrogens with one attached hydrogen (secondary N) is 1. The number of amides is 1. The van der Waals surface area contributed by atoms with Crippen molar-refractivity contribution in [2.45, 2.75) is 13.5 Å². The number of methoxy groups -OCH3 is 1. The summed E-state index contributed by atoms with van der Waals surface area (Å²) in [5, 5.41) is 3.78. The first-order chi connectivity index (χ1) is 12.6. The van der Waals surface area contributed by atoms with E-state index in [-0.39, 0.29) is 11.9 Å². The molecule has 1 amide bonds. The lowest BCUT2D eigenvalue weighted by Gasteiger charge is -2.07. The van der Waals surface area contributed by atoms with Gasteiger partial charge < -0.3 is 14.8 Å². The predicted octanol–water partition coefficient (Wildman–Crippen LogP) is 4.48. The molecular weight excluding hydrogens is 350 g/mol. The van der Waals surface area contributed by atoms with Gasteiger partial charge in [0.1, 0.15) is 4.88 Å². The van der Waals surface area contributed by atoms with Crippen LogP contribution in [0, 0.1) is 0 Å². The van der Waals surface area contributed by atoms with Crippen molar-refractivity contribution in [2.24, 2.45) is 0 Å². The number of esters is 1. The Hall–Kier alpha value is -2.70. The first-order valence-corrected chi connectivity index (χ1v) is 9.02. The lowest BCUT2D eigenvalue weighted by molar-refractivity contribution is 0.0532. The molecule has 0 radical (unpaired) electrons. The normalized spacial score (nSPS) is 10.7. The Bertz CT molecular complexity index is 948. The van der Waals surface area contributed by atoms with E-state index >= 15 is 0 Å². The zero-order valence-electron chi connectivity index (χ0n) is 14.6. The summed E-state index contributed by atoms with van der Waals surface area (Å²) in [4.78, 5) is 24.9. The molecule has 1 heterocycles. The van der Waals surface area contributed by atoms with Crippen molar-refractivity contribution in [3.8, 4) is 0 Å². The van der Waals surface area contributed by atoms with Crippen LogP contribution in [0.1, 0.15) is 32.5 Å². The third-order valence-electron chi connectivity index (χ3n) is 3.75. The SMILES string of the molecule is CCOC(=O)c1cc2cc(NC(=O)c3cccc(COC)c3)ccc2s1. The minimum absolute atomic E-state index is 0.192. The molecule has 0 fully saturated rings. The highest BCUT2D eigenvalue weighted by atomic mass is 32.1. The summed E-state index contributed by atoms with van der Waals surface area (Å²) < 4.78 is 11.1. The predicted molar refractivity (Wildman–Crippen MR) is 103 cm³/mol. The fraction of sp³-hybridized carbons (Fsp3) is 0.200. The van der Waals surface area contributed by atoms with Crippen molar-refractivity contribution in [3.63, 3.8) is 0 Å². The van der Waals surface area contributed by atoms with E-state index in [4.69, 9.17) is 9.47 Å². The first kappa shape index (κ1) is 18.1. The van der Waals surface area contributed by atoms with E-state index in [0.717, 1.165) is 15.6 Å². The number of thiophene rings is 1. The molecule has 3 aromatic rings. The molecule has 0 aliphatic heterocycles. The summed E-state index contributed by atoms with van der Waals surface area (Å²) in [7, 11) is 1.62. The number of anilines is 1. The highest BCUT2D eigenvalue weighted by Crippen LogP contribution is 2.29. The van der Waals surface area contributed by atoms with Crippen LogP contribution < -0.4 is 5.32 Å². The molecule has 5 nitrogen and oxygen atoms in total. The van der Waals surface area contributed by atoms with Crippen molar-refractivity contribution >= 4 is 39.0 Å². The van der Waals surface area contributed by atoms with Gasteiger partial charge in [-0.15, -0.1) is 11.3 Å². The van der Waals surface area contributed by atoms with Crippen molar-refractivity contribution in [2.75, 3.05) is 19.0 Å². The van der Waals surface area contributed by atoms with Crippen molar-refractivity contribution < 1.29 is 19.1 Å². The second kappa shape index (κ2) is 8.12. The fourth-order valence-corrected chi connectivity index (χ4v) is 3.53. The standard InChI is InChI=1S/C20H19NO4S/c1-3-25-20(23)18-11-15-10-16(7-8-17(15)26-18)21-19(22)14-6-4-5-13(9-14)12-24-2/h4-11H,3,12H2,1-2H3,(H,21,22). The number of fused-ring (bicyclic) bond motifs is 1. The van der Waals surface area contributed by atoms with Gasteiger partial charge in [-0.2, -0.15) is 0 Å². The molecule has 0 atom stereocenters. The molecular formula is C20H19NO4S. The highest BCUT2D eigenvalue weighted by molar-refractivity contribution is 7.20. The first-order valence-electron chi connectivity index (χ1n) is 8.20.